The molecule has 1 saturated heterocycles. The molecular weight excluding hydrogens is 398 g/mol. The quantitative estimate of drug-likeness (QED) is 0.684. The second-order valence-corrected chi connectivity index (χ2v) is 8.96. The minimum atomic E-state index is 0.337. The minimum Gasteiger partial charge on any atom is -0.454 e. The highest BCUT2D eigenvalue weighted by atomic mass is 16.5. The van der Waals surface area contributed by atoms with Gasteiger partial charge in [-0.15, -0.1) is 0 Å². The van der Waals surface area contributed by atoms with E-state index in [1.54, 1.807) is 6.20 Å². The monoisotopic (exact) mass is 433 g/mol. The summed E-state index contributed by atoms with van der Waals surface area (Å²) in [6, 6.07) is 9.13. The summed E-state index contributed by atoms with van der Waals surface area (Å²) < 4.78 is 6.59. The first-order chi connectivity index (χ1) is 15.5. The van der Waals surface area contributed by atoms with Crippen molar-refractivity contribution in [3.05, 3.63) is 53.0 Å². The number of aliphatic imine (C=N–C) groups is 1. The molecule has 0 radical (unpaired) electrons. The van der Waals surface area contributed by atoms with Gasteiger partial charge in [0.05, 0.1) is 11.7 Å². The summed E-state index contributed by atoms with van der Waals surface area (Å²) in [6.07, 6.45) is 7.73. The van der Waals surface area contributed by atoms with Gasteiger partial charge in [0, 0.05) is 53.6 Å². The van der Waals surface area contributed by atoms with Crippen LogP contribution in [0.3, 0.4) is 0 Å². The fourth-order valence-electron chi connectivity index (χ4n) is 4.55. The van der Waals surface area contributed by atoms with Crippen LogP contribution in [0.5, 0.6) is 11.5 Å². The number of rotatable bonds is 5. The summed E-state index contributed by atoms with van der Waals surface area (Å²) in [4.78, 5) is 11.8. The number of anilines is 1. The van der Waals surface area contributed by atoms with Crippen molar-refractivity contribution in [3.63, 3.8) is 0 Å². The number of nitrogens with two attached hydrogens (primary N) is 1. The van der Waals surface area contributed by atoms with Crippen molar-refractivity contribution in [1.29, 1.82) is 0 Å². The van der Waals surface area contributed by atoms with Crippen LogP contribution in [-0.2, 0) is 6.42 Å². The van der Waals surface area contributed by atoms with Crippen LogP contribution in [0, 0.1) is 13.8 Å². The molecule has 6 heteroatoms. The second-order valence-electron chi connectivity index (χ2n) is 8.96. The van der Waals surface area contributed by atoms with Gasteiger partial charge in [0.25, 0.3) is 0 Å². The van der Waals surface area contributed by atoms with Crippen LogP contribution in [0.15, 0.2) is 35.5 Å². The van der Waals surface area contributed by atoms with Gasteiger partial charge in [0.2, 0.25) is 0 Å². The van der Waals surface area contributed by atoms with E-state index in [1.807, 2.05) is 32.2 Å². The summed E-state index contributed by atoms with van der Waals surface area (Å²) in [5.74, 6) is 1.64. The number of ether oxygens (including phenoxy) is 1. The lowest BCUT2D eigenvalue weighted by Crippen LogP contribution is -2.33. The van der Waals surface area contributed by atoms with Crippen LogP contribution in [0.4, 0.5) is 5.69 Å². The van der Waals surface area contributed by atoms with Crippen molar-refractivity contribution in [3.8, 4) is 11.5 Å². The predicted molar refractivity (Wildman–Crippen MR) is 133 cm³/mol. The van der Waals surface area contributed by atoms with Gasteiger partial charge >= 0.3 is 0 Å². The first kappa shape index (κ1) is 22.3. The molecule has 3 N–H and O–H groups in total. The summed E-state index contributed by atoms with van der Waals surface area (Å²) >= 11 is 0. The molecule has 4 rings (SSSR count). The van der Waals surface area contributed by atoms with E-state index in [0.29, 0.717) is 12.1 Å². The van der Waals surface area contributed by atoms with Crippen molar-refractivity contribution >= 4 is 17.5 Å². The van der Waals surface area contributed by atoms with E-state index < -0.39 is 0 Å². The van der Waals surface area contributed by atoms with E-state index in [1.165, 1.54) is 11.3 Å². The molecule has 0 bridgehead atoms. The Morgan fingerprint density at radius 3 is 2.69 bits per heavy atom. The SMILES string of the molecule is Cc1ccc(Oc2c(C(C=NC3CCNCC3)=CN)ccc3c2CCC(C)N3C)c(C)n1. The zero-order valence-corrected chi connectivity index (χ0v) is 19.7. The molecule has 32 heavy (non-hydrogen) atoms. The number of pyridine rings is 1. The number of fused-ring (bicyclic) bond motifs is 1. The Bertz CT molecular complexity index is 1020. The molecule has 1 aromatic carbocycles. The molecule has 0 spiro atoms. The summed E-state index contributed by atoms with van der Waals surface area (Å²) in [5.41, 5.74) is 12.3. The van der Waals surface area contributed by atoms with Crippen LogP contribution in [0.25, 0.3) is 5.57 Å². The number of piperidine rings is 1. The van der Waals surface area contributed by atoms with E-state index in [-0.39, 0.29) is 0 Å². The molecule has 3 heterocycles. The lowest BCUT2D eigenvalue weighted by molar-refractivity contribution is 0.460. The number of nitrogens with zero attached hydrogens (tertiary/aromatic N) is 3. The maximum absolute atomic E-state index is 6.59. The number of aryl methyl sites for hydroxylation is 2. The fourth-order valence-corrected chi connectivity index (χ4v) is 4.55. The van der Waals surface area contributed by atoms with Gasteiger partial charge in [0.1, 0.15) is 11.5 Å². The predicted octanol–water partition coefficient (Wildman–Crippen LogP) is 4.38. The van der Waals surface area contributed by atoms with E-state index in [2.05, 4.69) is 41.3 Å². The Morgan fingerprint density at radius 2 is 1.97 bits per heavy atom. The Balaban J connectivity index is 1.76. The third kappa shape index (κ3) is 4.65. The molecule has 1 unspecified atom stereocenters. The van der Waals surface area contributed by atoms with Gasteiger partial charge in [-0.05, 0) is 83.8 Å². The largest absolute Gasteiger partial charge is 0.454 e. The van der Waals surface area contributed by atoms with Crippen molar-refractivity contribution in [2.75, 3.05) is 25.0 Å². The third-order valence-electron chi connectivity index (χ3n) is 6.70. The van der Waals surface area contributed by atoms with Crippen LogP contribution < -0.4 is 20.7 Å². The molecule has 2 aliphatic heterocycles. The zero-order valence-electron chi connectivity index (χ0n) is 19.7. The van der Waals surface area contributed by atoms with Crippen molar-refractivity contribution < 1.29 is 4.74 Å². The molecular formula is C26H35N5O. The van der Waals surface area contributed by atoms with E-state index in [9.17, 15) is 0 Å². The molecule has 1 fully saturated rings. The number of hydrogen-bond acceptors (Lipinski definition) is 6. The van der Waals surface area contributed by atoms with Crippen molar-refractivity contribution in [2.45, 2.75) is 58.5 Å². The highest BCUT2D eigenvalue weighted by Gasteiger charge is 2.26. The van der Waals surface area contributed by atoms with Crippen LogP contribution in [0.2, 0.25) is 0 Å². The molecule has 0 aliphatic carbocycles. The number of aromatic nitrogens is 1. The highest BCUT2D eigenvalue weighted by Crippen LogP contribution is 2.42. The van der Waals surface area contributed by atoms with Gasteiger partial charge in [0.15, 0.2) is 0 Å². The Hall–Kier alpha value is -2.86. The first-order valence-corrected chi connectivity index (χ1v) is 11.6. The Labute approximate surface area is 191 Å². The summed E-state index contributed by atoms with van der Waals surface area (Å²) in [6.45, 7) is 8.28. The zero-order chi connectivity index (χ0) is 22.7. The maximum atomic E-state index is 6.59. The number of allylic oxidation sites excluding steroid dienone is 1. The molecule has 1 aromatic heterocycles. The lowest BCUT2D eigenvalue weighted by atomic mass is 9.92. The molecule has 2 aromatic rings. The topological polar surface area (TPSA) is 75.8 Å². The van der Waals surface area contributed by atoms with Gasteiger partial charge < -0.3 is 20.7 Å². The van der Waals surface area contributed by atoms with Gasteiger partial charge in [-0.25, -0.2) is 0 Å². The van der Waals surface area contributed by atoms with Crippen LogP contribution in [-0.4, -0.2) is 43.4 Å². The molecule has 170 valence electrons. The summed E-state index contributed by atoms with van der Waals surface area (Å²) in [7, 11) is 2.16. The van der Waals surface area contributed by atoms with Crippen LogP contribution >= 0.6 is 0 Å². The van der Waals surface area contributed by atoms with Crippen molar-refractivity contribution in [1.82, 2.24) is 10.3 Å². The van der Waals surface area contributed by atoms with Crippen LogP contribution in [0.1, 0.15) is 48.7 Å². The smallest absolute Gasteiger partial charge is 0.148 e. The van der Waals surface area contributed by atoms with E-state index in [4.69, 9.17) is 15.5 Å². The molecule has 1 atom stereocenters. The number of hydrogen-bond donors (Lipinski definition) is 2. The fraction of sp³-hybridized carbons (Fsp3) is 0.462. The maximum Gasteiger partial charge on any atom is 0.148 e. The van der Waals surface area contributed by atoms with E-state index in [0.717, 1.165) is 72.8 Å². The van der Waals surface area contributed by atoms with Gasteiger partial charge in [-0.1, -0.05) is 0 Å². The number of benzene rings is 1. The molecule has 0 saturated carbocycles. The molecule has 0 amide bonds. The van der Waals surface area contributed by atoms with Gasteiger partial charge in [-0.3, -0.25) is 9.98 Å². The van der Waals surface area contributed by atoms with Gasteiger partial charge in [-0.2, -0.15) is 0 Å². The lowest BCUT2D eigenvalue weighted by Gasteiger charge is -2.35. The average molecular weight is 434 g/mol. The second kappa shape index (κ2) is 9.74. The Morgan fingerprint density at radius 1 is 1.19 bits per heavy atom. The standard InChI is InChI=1S/C26H35N5O/c1-17-5-10-25(19(3)30-17)32-26-22(8-9-24-23(26)7-6-18(2)31(24)4)20(15-27)16-29-21-11-13-28-14-12-21/h5,8-10,15-16,18,21,28H,6-7,11-14,27H2,1-4H3. The highest BCUT2D eigenvalue weighted by molar-refractivity contribution is 6.11. The number of nitrogens with one attached hydrogen (secondary N) is 1. The first-order valence-electron chi connectivity index (χ1n) is 11.6. The average Bonchev–Trinajstić information content (AvgIpc) is 2.80. The Kier molecular flexibility index (Phi) is 6.80. The molecule has 6 nitrogen and oxygen atoms in total. The normalized spacial score (nSPS) is 19.9. The summed E-state index contributed by atoms with van der Waals surface area (Å²) in [5, 5.41) is 3.39. The van der Waals surface area contributed by atoms with Crippen molar-refractivity contribution in [2.24, 2.45) is 10.7 Å². The third-order valence-corrected chi connectivity index (χ3v) is 6.70. The molecule has 2 aliphatic rings. The van der Waals surface area contributed by atoms with E-state index >= 15 is 0 Å². The minimum absolute atomic E-state index is 0.337.